The van der Waals surface area contributed by atoms with Crippen LogP contribution in [0.25, 0.3) is 0 Å². The summed E-state index contributed by atoms with van der Waals surface area (Å²) in [5, 5.41) is 0. The van der Waals surface area contributed by atoms with E-state index in [1.165, 1.54) is 0 Å². The Balaban J connectivity index is 2.91. The highest BCUT2D eigenvalue weighted by atomic mass is 16.5. The van der Waals surface area contributed by atoms with Gasteiger partial charge in [-0.1, -0.05) is 13.8 Å². The van der Waals surface area contributed by atoms with Gasteiger partial charge in [0, 0.05) is 13.5 Å². The third kappa shape index (κ3) is 1.44. The molecular weight excluding hydrogens is 154 g/mol. The van der Waals surface area contributed by atoms with Crippen LogP contribution >= 0.6 is 0 Å². The number of likely N-dealkylation sites (N-methyl/N-ethyl adjacent to an activating group) is 1. The second-order valence-electron chi connectivity index (χ2n) is 2.82. The second-order valence-corrected chi connectivity index (χ2v) is 2.82. The summed E-state index contributed by atoms with van der Waals surface area (Å²) < 4.78 is 5.30. The molecule has 0 aromatic carbocycles. The first-order chi connectivity index (χ1) is 5.70. The van der Waals surface area contributed by atoms with Gasteiger partial charge in [0.1, 0.15) is 5.76 Å². The minimum absolute atomic E-state index is 0.0454. The number of carbonyl (C=O) groups excluding carboxylic acids is 1. The van der Waals surface area contributed by atoms with Gasteiger partial charge in [0.25, 0.3) is 5.91 Å². The molecular formula is C9H15NO2. The van der Waals surface area contributed by atoms with Gasteiger partial charge in [0.05, 0.1) is 5.70 Å². The van der Waals surface area contributed by atoms with Gasteiger partial charge in [0.15, 0.2) is 6.61 Å². The lowest BCUT2D eigenvalue weighted by Crippen LogP contribution is -2.34. The zero-order chi connectivity index (χ0) is 9.14. The standard InChI is InChI=1S/C9H15NO2/c1-4-7-8(5-2)12-6-9(11)10(7)3/h4-6H2,1-3H3. The van der Waals surface area contributed by atoms with Crippen LogP contribution in [0.15, 0.2) is 11.5 Å². The van der Waals surface area contributed by atoms with Gasteiger partial charge in [-0.25, -0.2) is 0 Å². The first-order valence-electron chi connectivity index (χ1n) is 4.32. The van der Waals surface area contributed by atoms with E-state index in [-0.39, 0.29) is 12.5 Å². The summed E-state index contributed by atoms with van der Waals surface area (Å²) in [5.74, 6) is 1.00. The Labute approximate surface area is 73.0 Å². The third-order valence-electron chi connectivity index (χ3n) is 2.13. The van der Waals surface area contributed by atoms with Gasteiger partial charge >= 0.3 is 0 Å². The number of ether oxygens (including phenoxy) is 1. The summed E-state index contributed by atoms with van der Waals surface area (Å²) in [6.07, 6.45) is 1.71. The molecule has 1 rings (SSSR count). The highest BCUT2D eigenvalue weighted by Gasteiger charge is 2.22. The largest absolute Gasteiger partial charge is 0.486 e. The van der Waals surface area contributed by atoms with Crippen molar-refractivity contribution in [3.63, 3.8) is 0 Å². The summed E-state index contributed by atoms with van der Waals surface area (Å²) in [7, 11) is 1.80. The van der Waals surface area contributed by atoms with Crippen LogP contribution in [0.2, 0.25) is 0 Å². The average molecular weight is 169 g/mol. The van der Waals surface area contributed by atoms with E-state index in [1.807, 2.05) is 13.8 Å². The molecule has 1 heterocycles. The van der Waals surface area contributed by atoms with Crippen LogP contribution in [-0.2, 0) is 9.53 Å². The molecule has 0 spiro atoms. The van der Waals surface area contributed by atoms with Crippen molar-refractivity contribution in [3.8, 4) is 0 Å². The predicted octanol–water partition coefficient (Wildman–Crippen LogP) is 1.51. The molecule has 1 amide bonds. The molecule has 12 heavy (non-hydrogen) atoms. The molecule has 0 radical (unpaired) electrons. The maximum atomic E-state index is 11.2. The molecule has 0 bridgehead atoms. The van der Waals surface area contributed by atoms with Crippen LogP contribution in [0.1, 0.15) is 26.7 Å². The minimum Gasteiger partial charge on any atom is -0.486 e. The van der Waals surface area contributed by atoms with E-state index in [2.05, 4.69) is 0 Å². The van der Waals surface area contributed by atoms with Crippen molar-refractivity contribution >= 4 is 5.91 Å². The zero-order valence-electron chi connectivity index (χ0n) is 7.89. The smallest absolute Gasteiger partial charge is 0.264 e. The zero-order valence-corrected chi connectivity index (χ0v) is 7.89. The van der Waals surface area contributed by atoms with Crippen LogP contribution in [0.3, 0.4) is 0 Å². The number of hydrogen-bond donors (Lipinski definition) is 0. The first-order valence-corrected chi connectivity index (χ1v) is 4.32. The average Bonchev–Trinajstić information content (AvgIpc) is 2.09. The Morgan fingerprint density at radius 1 is 1.42 bits per heavy atom. The van der Waals surface area contributed by atoms with E-state index in [0.717, 1.165) is 24.3 Å². The van der Waals surface area contributed by atoms with Crippen molar-refractivity contribution in [1.29, 1.82) is 0 Å². The van der Waals surface area contributed by atoms with Gasteiger partial charge in [-0.3, -0.25) is 4.79 Å². The van der Waals surface area contributed by atoms with Crippen molar-refractivity contribution in [1.82, 2.24) is 4.90 Å². The van der Waals surface area contributed by atoms with Crippen molar-refractivity contribution in [2.75, 3.05) is 13.7 Å². The van der Waals surface area contributed by atoms with Crippen molar-refractivity contribution in [2.45, 2.75) is 26.7 Å². The molecule has 0 atom stereocenters. The first kappa shape index (κ1) is 9.10. The normalized spacial score (nSPS) is 18.2. The number of rotatable bonds is 2. The molecule has 3 heteroatoms. The van der Waals surface area contributed by atoms with Gasteiger partial charge in [0.2, 0.25) is 0 Å². The van der Waals surface area contributed by atoms with E-state index < -0.39 is 0 Å². The molecule has 0 fully saturated rings. The number of carbonyl (C=O) groups is 1. The van der Waals surface area contributed by atoms with Gasteiger partial charge in [-0.2, -0.15) is 0 Å². The Morgan fingerprint density at radius 2 is 2.08 bits per heavy atom. The molecule has 3 nitrogen and oxygen atoms in total. The van der Waals surface area contributed by atoms with E-state index in [0.29, 0.717) is 0 Å². The lowest BCUT2D eigenvalue weighted by molar-refractivity contribution is -0.134. The summed E-state index contributed by atoms with van der Waals surface area (Å²) in [5.41, 5.74) is 1.02. The number of hydrogen-bond acceptors (Lipinski definition) is 2. The molecule has 0 aliphatic carbocycles. The van der Waals surface area contributed by atoms with E-state index in [9.17, 15) is 4.79 Å². The third-order valence-corrected chi connectivity index (χ3v) is 2.13. The molecule has 0 aromatic rings. The maximum absolute atomic E-state index is 11.2. The van der Waals surface area contributed by atoms with Gasteiger partial charge < -0.3 is 9.64 Å². The fourth-order valence-electron chi connectivity index (χ4n) is 1.41. The Kier molecular flexibility index (Phi) is 2.74. The fraction of sp³-hybridized carbons (Fsp3) is 0.667. The topological polar surface area (TPSA) is 29.5 Å². The quantitative estimate of drug-likeness (QED) is 0.627. The van der Waals surface area contributed by atoms with Gasteiger partial charge in [-0.05, 0) is 6.42 Å². The minimum atomic E-state index is 0.0454. The highest BCUT2D eigenvalue weighted by Crippen LogP contribution is 2.21. The molecule has 0 N–H and O–H groups in total. The number of nitrogens with zero attached hydrogens (tertiary/aromatic N) is 1. The van der Waals surface area contributed by atoms with Crippen LogP contribution < -0.4 is 0 Å². The maximum Gasteiger partial charge on any atom is 0.264 e. The van der Waals surface area contributed by atoms with E-state index in [1.54, 1.807) is 11.9 Å². The monoisotopic (exact) mass is 169 g/mol. The molecule has 0 saturated carbocycles. The molecule has 0 saturated heterocycles. The fourth-order valence-corrected chi connectivity index (χ4v) is 1.41. The molecule has 0 aromatic heterocycles. The summed E-state index contributed by atoms with van der Waals surface area (Å²) >= 11 is 0. The number of allylic oxidation sites excluding steroid dienone is 2. The van der Waals surface area contributed by atoms with Crippen LogP contribution in [0.5, 0.6) is 0 Å². The molecule has 0 unspecified atom stereocenters. The summed E-state index contributed by atoms with van der Waals surface area (Å²) in [4.78, 5) is 12.9. The lowest BCUT2D eigenvalue weighted by atomic mass is 10.2. The summed E-state index contributed by atoms with van der Waals surface area (Å²) in [6.45, 7) is 4.27. The molecule has 1 aliphatic heterocycles. The van der Waals surface area contributed by atoms with Crippen molar-refractivity contribution < 1.29 is 9.53 Å². The van der Waals surface area contributed by atoms with E-state index >= 15 is 0 Å². The predicted molar refractivity (Wildman–Crippen MR) is 46.3 cm³/mol. The SMILES string of the molecule is CCC1=C(CC)N(C)C(=O)CO1. The van der Waals surface area contributed by atoms with Crippen molar-refractivity contribution in [2.24, 2.45) is 0 Å². The molecule has 68 valence electrons. The van der Waals surface area contributed by atoms with E-state index in [4.69, 9.17) is 4.74 Å². The highest BCUT2D eigenvalue weighted by molar-refractivity contribution is 5.80. The summed E-state index contributed by atoms with van der Waals surface area (Å²) in [6, 6.07) is 0. The lowest BCUT2D eigenvalue weighted by Gasteiger charge is -2.28. The Bertz CT molecular complexity index is 221. The van der Waals surface area contributed by atoms with Crippen LogP contribution in [-0.4, -0.2) is 24.5 Å². The number of amides is 1. The molecule has 1 aliphatic rings. The Morgan fingerprint density at radius 3 is 2.58 bits per heavy atom. The second kappa shape index (κ2) is 3.61. The van der Waals surface area contributed by atoms with Crippen LogP contribution in [0.4, 0.5) is 0 Å². The van der Waals surface area contributed by atoms with Crippen molar-refractivity contribution in [3.05, 3.63) is 11.5 Å². The Hall–Kier alpha value is -0.990. The van der Waals surface area contributed by atoms with Crippen LogP contribution in [0, 0.1) is 0 Å². The van der Waals surface area contributed by atoms with Gasteiger partial charge in [-0.15, -0.1) is 0 Å².